The lowest BCUT2D eigenvalue weighted by Crippen LogP contribution is -2.44. The Morgan fingerprint density at radius 2 is 1.76 bits per heavy atom. The third-order valence-corrected chi connectivity index (χ3v) is 7.56. The van der Waals surface area contributed by atoms with Gasteiger partial charge in [-0.25, -0.2) is 4.98 Å². The second-order valence-corrected chi connectivity index (χ2v) is 10.4. The molecule has 1 saturated heterocycles. The van der Waals surface area contributed by atoms with Crippen LogP contribution in [0.2, 0.25) is 0 Å². The zero-order valence-electron chi connectivity index (χ0n) is 22.6. The molecule has 0 unspecified atom stereocenters. The zero-order chi connectivity index (χ0) is 27.8. The summed E-state index contributed by atoms with van der Waals surface area (Å²) in [4.78, 5) is 34.7. The molecule has 204 valence electrons. The maximum atomic E-state index is 12.6. The van der Waals surface area contributed by atoms with E-state index in [1.165, 1.54) is 0 Å². The van der Waals surface area contributed by atoms with Crippen molar-refractivity contribution >= 4 is 39.2 Å². The van der Waals surface area contributed by atoms with E-state index in [-0.39, 0.29) is 5.91 Å². The second-order valence-electron chi connectivity index (χ2n) is 10.4. The van der Waals surface area contributed by atoms with Gasteiger partial charge in [-0.1, -0.05) is 30.3 Å². The number of piperazine rings is 1. The highest BCUT2D eigenvalue weighted by Gasteiger charge is 2.20. The minimum atomic E-state index is -0.0973. The molecule has 1 aliphatic heterocycles. The van der Waals surface area contributed by atoms with Crippen LogP contribution in [0.5, 0.6) is 0 Å². The van der Waals surface area contributed by atoms with Gasteiger partial charge in [-0.2, -0.15) is 5.10 Å². The molecule has 6 aromatic rings. The van der Waals surface area contributed by atoms with Crippen LogP contribution in [-0.2, 0) is 11.2 Å². The summed E-state index contributed by atoms with van der Waals surface area (Å²) in [6.45, 7) is 3.98. The molecule has 1 amide bonds. The topological polar surface area (TPSA) is 119 Å². The van der Waals surface area contributed by atoms with Gasteiger partial charge in [-0.3, -0.25) is 19.9 Å². The number of aromatic nitrogens is 6. The van der Waals surface area contributed by atoms with E-state index >= 15 is 0 Å². The number of H-pyrrole nitrogens is 2. The fourth-order valence-electron chi connectivity index (χ4n) is 5.35. The van der Waals surface area contributed by atoms with Gasteiger partial charge < -0.3 is 20.1 Å². The average Bonchev–Trinajstić information content (AvgIpc) is 3.62. The summed E-state index contributed by atoms with van der Waals surface area (Å²) in [5.41, 5.74) is 8.41. The van der Waals surface area contributed by atoms with Crippen LogP contribution in [-0.4, -0.2) is 74.2 Å². The lowest BCUT2D eigenvalue weighted by Gasteiger charge is -2.34. The number of pyridine rings is 3. The van der Waals surface area contributed by atoms with E-state index in [2.05, 4.69) is 53.4 Å². The zero-order valence-corrected chi connectivity index (χ0v) is 22.6. The molecule has 0 aliphatic carbocycles. The Labute approximate surface area is 236 Å². The molecule has 7 rings (SSSR count). The summed E-state index contributed by atoms with van der Waals surface area (Å²) in [6, 6.07) is 17.6. The van der Waals surface area contributed by atoms with Gasteiger partial charge in [0.2, 0.25) is 5.91 Å². The normalized spacial score (nSPS) is 14.1. The molecule has 0 spiro atoms. The first-order valence-electron chi connectivity index (χ1n) is 13.7. The minimum absolute atomic E-state index is 0.0973. The average molecular weight is 544 g/mol. The number of rotatable bonds is 6. The molecular formula is C31H29N9O. The molecule has 3 N–H and O–H groups in total. The van der Waals surface area contributed by atoms with E-state index in [1.807, 2.05) is 60.9 Å². The molecule has 1 fully saturated rings. The number of nitrogens with one attached hydrogen (secondary N) is 3. The van der Waals surface area contributed by atoms with E-state index in [0.29, 0.717) is 12.1 Å². The summed E-state index contributed by atoms with van der Waals surface area (Å²) in [5, 5.41) is 11.8. The third kappa shape index (κ3) is 5.01. The smallest absolute Gasteiger partial charge is 0.228 e. The van der Waals surface area contributed by atoms with E-state index in [9.17, 15) is 4.79 Å². The van der Waals surface area contributed by atoms with Crippen LogP contribution >= 0.6 is 0 Å². The molecule has 10 nitrogen and oxygen atoms in total. The Kier molecular flexibility index (Phi) is 6.36. The first-order chi connectivity index (χ1) is 20.1. The molecule has 6 heterocycles. The molecule has 5 aromatic heterocycles. The number of carbonyl (C=O) groups excluding carboxylic acids is 1. The maximum absolute atomic E-state index is 12.6. The lowest BCUT2D eigenvalue weighted by atomic mass is 10.1. The van der Waals surface area contributed by atoms with Gasteiger partial charge in [0.1, 0.15) is 11.2 Å². The number of hydrogen-bond acceptors (Lipinski definition) is 7. The number of hydrogen-bond donors (Lipinski definition) is 3. The summed E-state index contributed by atoms with van der Waals surface area (Å²) < 4.78 is 0. The molecule has 0 bridgehead atoms. The molecule has 41 heavy (non-hydrogen) atoms. The Morgan fingerprint density at radius 1 is 0.927 bits per heavy atom. The van der Waals surface area contributed by atoms with Crippen molar-refractivity contribution in [2.45, 2.75) is 6.42 Å². The van der Waals surface area contributed by atoms with Gasteiger partial charge in [0, 0.05) is 43.3 Å². The molecule has 10 heteroatoms. The van der Waals surface area contributed by atoms with Gasteiger partial charge in [0.05, 0.1) is 58.8 Å². The first-order valence-corrected chi connectivity index (χ1v) is 13.7. The SMILES string of the molecule is CN1CCN(c2cncc3[nH]c(-c4n[nH]c5ccc(-c6cncc(NC(=O)Cc7ccccc7)c6)nc45)cc23)CC1. The molecular weight excluding hydrogens is 514 g/mol. The van der Waals surface area contributed by atoms with Crippen molar-refractivity contribution in [3.05, 3.63) is 84.9 Å². The number of nitrogens with zero attached hydrogens (tertiary/aromatic N) is 6. The van der Waals surface area contributed by atoms with Crippen molar-refractivity contribution in [3.8, 4) is 22.6 Å². The Hall–Kier alpha value is -5.09. The van der Waals surface area contributed by atoms with Crippen LogP contribution in [0.4, 0.5) is 11.4 Å². The van der Waals surface area contributed by atoms with E-state index in [4.69, 9.17) is 4.98 Å². The predicted octanol–water partition coefficient (Wildman–Crippen LogP) is 4.50. The number of likely N-dealkylation sites (N-methyl/N-ethyl adjacent to an activating group) is 1. The number of aromatic amines is 2. The Balaban J connectivity index is 1.18. The molecule has 0 saturated carbocycles. The van der Waals surface area contributed by atoms with Gasteiger partial charge in [-0.05, 0) is 36.9 Å². The number of amides is 1. The summed E-state index contributed by atoms with van der Waals surface area (Å²) in [7, 11) is 2.16. The van der Waals surface area contributed by atoms with E-state index in [0.717, 1.165) is 82.0 Å². The van der Waals surface area contributed by atoms with Crippen LogP contribution in [0, 0.1) is 0 Å². The van der Waals surface area contributed by atoms with Crippen molar-refractivity contribution in [2.75, 3.05) is 43.4 Å². The second kappa shape index (κ2) is 10.5. The van der Waals surface area contributed by atoms with Crippen molar-refractivity contribution in [2.24, 2.45) is 0 Å². The van der Waals surface area contributed by atoms with Crippen molar-refractivity contribution in [1.82, 2.24) is 35.0 Å². The monoisotopic (exact) mass is 543 g/mol. The van der Waals surface area contributed by atoms with Crippen LogP contribution in [0.25, 0.3) is 44.6 Å². The van der Waals surface area contributed by atoms with E-state index in [1.54, 1.807) is 12.4 Å². The largest absolute Gasteiger partial charge is 0.367 e. The summed E-state index contributed by atoms with van der Waals surface area (Å²) in [6.07, 6.45) is 7.49. The fourth-order valence-corrected chi connectivity index (χ4v) is 5.35. The minimum Gasteiger partial charge on any atom is -0.367 e. The Morgan fingerprint density at radius 3 is 2.61 bits per heavy atom. The van der Waals surface area contributed by atoms with E-state index < -0.39 is 0 Å². The third-order valence-electron chi connectivity index (χ3n) is 7.56. The number of anilines is 2. The van der Waals surface area contributed by atoms with Crippen LogP contribution in [0.1, 0.15) is 5.56 Å². The molecule has 1 aromatic carbocycles. The van der Waals surface area contributed by atoms with Crippen LogP contribution in [0.15, 0.2) is 79.4 Å². The highest BCUT2D eigenvalue weighted by atomic mass is 16.1. The molecule has 0 radical (unpaired) electrons. The number of carbonyl (C=O) groups is 1. The molecule has 1 aliphatic rings. The summed E-state index contributed by atoms with van der Waals surface area (Å²) >= 11 is 0. The first kappa shape index (κ1) is 24.9. The van der Waals surface area contributed by atoms with Crippen LogP contribution < -0.4 is 10.2 Å². The maximum Gasteiger partial charge on any atom is 0.228 e. The number of fused-ring (bicyclic) bond motifs is 2. The van der Waals surface area contributed by atoms with Crippen molar-refractivity contribution in [1.29, 1.82) is 0 Å². The lowest BCUT2D eigenvalue weighted by molar-refractivity contribution is -0.115. The van der Waals surface area contributed by atoms with Gasteiger partial charge in [0.15, 0.2) is 0 Å². The van der Waals surface area contributed by atoms with Gasteiger partial charge in [-0.15, -0.1) is 0 Å². The molecule has 0 atom stereocenters. The quantitative estimate of drug-likeness (QED) is 0.283. The van der Waals surface area contributed by atoms with Gasteiger partial charge in [0.25, 0.3) is 0 Å². The van der Waals surface area contributed by atoms with Crippen molar-refractivity contribution < 1.29 is 4.79 Å². The van der Waals surface area contributed by atoms with Gasteiger partial charge >= 0.3 is 0 Å². The standard InChI is InChI=1S/C31H29N9O/c1-39-9-11-40(12-10-39)28-19-33-18-27-23(28)15-26(35-27)31-30-25(37-38-31)8-7-24(36-30)21-14-22(17-32-16-21)34-29(41)13-20-5-3-2-4-6-20/h2-8,14-19,35H,9-13H2,1H3,(H,34,41)(H,37,38). The van der Waals surface area contributed by atoms with Crippen LogP contribution in [0.3, 0.4) is 0 Å². The predicted molar refractivity (Wildman–Crippen MR) is 161 cm³/mol. The summed E-state index contributed by atoms with van der Waals surface area (Å²) in [5.74, 6) is -0.0973. The number of benzene rings is 1. The highest BCUT2D eigenvalue weighted by molar-refractivity contribution is 5.99. The fraction of sp³-hybridized carbons (Fsp3) is 0.194. The highest BCUT2D eigenvalue weighted by Crippen LogP contribution is 2.33. The Bertz CT molecular complexity index is 1850. The van der Waals surface area contributed by atoms with Crippen molar-refractivity contribution in [3.63, 3.8) is 0 Å².